The maximum absolute atomic E-state index is 13.7. The second-order valence-electron chi connectivity index (χ2n) is 5.53. The third-order valence-electron chi connectivity index (χ3n) is 3.71. The van der Waals surface area contributed by atoms with Gasteiger partial charge in [-0.15, -0.1) is 0 Å². The average Bonchev–Trinajstić information content (AvgIpc) is 2.53. The number of halogens is 2. The summed E-state index contributed by atoms with van der Waals surface area (Å²) in [5.74, 6) is -1.90. The van der Waals surface area contributed by atoms with Gasteiger partial charge in [-0.1, -0.05) is 15.9 Å². The molecule has 1 heterocycles. The van der Waals surface area contributed by atoms with Gasteiger partial charge in [-0.25, -0.2) is 17.6 Å². The number of hydrogen-bond donors (Lipinski definition) is 4. The molecule has 0 aromatic heterocycles. The molecule has 1 aliphatic rings. The van der Waals surface area contributed by atoms with E-state index in [2.05, 4.69) is 26.0 Å². The number of carbonyl (C=O) groups is 1. The summed E-state index contributed by atoms with van der Waals surface area (Å²) in [6, 6.07) is 6.80. The normalized spacial score (nSPS) is 16.4. The number of anilines is 2. The summed E-state index contributed by atoms with van der Waals surface area (Å²) in [7, 11) is -3.98. The van der Waals surface area contributed by atoms with Gasteiger partial charge in [-0.2, -0.15) is 4.72 Å². The van der Waals surface area contributed by atoms with E-state index in [0.29, 0.717) is 15.7 Å². The van der Waals surface area contributed by atoms with Crippen molar-refractivity contribution in [3.63, 3.8) is 0 Å². The molecule has 0 radical (unpaired) electrons. The predicted octanol–water partition coefficient (Wildman–Crippen LogP) is 2.58. The molecular formula is C16H13BrFN3O4S. The van der Waals surface area contributed by atoms with Crippen LogP contribution in [-0.4, -0.2) is 19.5 Å². The molecule has 0 saturated heterocycles. The molecule has 0 fully saturated rings. The van der Waals surface area contributed by atoms with E-state index in [1.807, 2.05) is 0 Å². The molecule has 26 heavy (non-hydrogen) atoms. The highest BCUT2D eigenvalue weighted by Crippen LogP contribution is 2.37. The van der Waals surface area contributed by atoms with Gasteiger partial charge in [0, 0.05) is 21.4 Å². The third-order valence-corrected chi connectivity index (χ3v) is 5.82. The van der Waals surface area contributed by atoms with E-state index in [1.54, 1.807) is 0 Å². The van der Waals surface area contributed by atoms with E-state index >= 15 is 0 Å². The van der Waals surface area contributed by atoms with Crippen molar-refractivity contribution in [1.82, 2.24) is 4.72 Å². The van der Waals surface area contributed by atoms with E-state index in [1.165, 1.54) is 36.4 Å². The highest BCUT2D eigenvalue weighted by atomic mass is 79.9. The van der Waals surface area contributed by atoms with Crippen molar-refractivity contribution in [3.05, 3.63) is 64.0 Å². The molecule has 2 aromatic carbocycles. The van der Waals surface area contributed by atoms with Crippen LogP contribution in [0.3, 0.4) is 0 Å². The highest BCUT2D eigenvalue weighted by molar-refractivity contribution is 9.10. The SMILES string of the molecule is Nc1ccc(S(=O)(=O)NC2C=C(C(=O)O)Nc3cc(F)cc(Br)c32)cc1. The second kappa shape index (κ2) is 6.71. The van der Waals surface area contributed by atoms with Crippen molar-refractivity contribution in [2.75, 3.05) is 11.1 Å². The van der Waals surface area contributed by atoms with Crippen molar-refractivity contribution in [1.29, 1.82) is 0 Å². The molecule has 2 aromatic rings. The van der Waals surface area contributed by atoms with Crippen LogP contribution in [0.15, 0.2) is 57.5 Å². The summed E-state index contributed by atoms with van der Waals surface area (Å²) in [4.78, 5) is 11.3. The monoisotopic (exact) mass is 441 g/mol. The Bertz CT molecular complexity index is 1020. The van der Waals surface area contributed by atoms with Crippen LogP contribution in [0.4, 0.5) is 15.8 Å². The molecular weight excluding hydrogens is 429 g/mol. The largest absolute Gasteiger partial charge is 0.477 e. The maximum Gasteiger partial charge on any atom is 0.352 e. The average molecular weight is 442 g/mol. The van der Waals surface area contributed by atoms with Gasteiger partial charge in [0.1, 0.15) is 11.5 Å². The van der Waals surface area contributed by atoms with Gasteiger partial charge in [-0.05, 0) is 42.5 Å². The molecule has 0 aliphatic carbocycles. The Morgan fingerprint density at radius 3 is 2.54 bits per heavy atom. The molecule has 1 aliphatic heterocycles. The Labute approximate surface area is 156 Å². The molecule has 5 N–H and O–H groups in total. The van der Waals surface area contributed by atoms with Crippen molar-refractivity contribution in [3.8, 4) is 0 Å². The van der Waals surface area contributed by atoms with E-state index in [4.69, 9.17) is 5.73 Å². The zero-order valence-corrected chi connectivity index (χ0v) is 15.4. The summed E-state index contributed by atoms with van der Waals surface area (Å²) < 4.78 is 41.7. The first-order valence-corrected chi connectivity index (χ1v) is 9.54. The molecule has 1 atom stereocenters. The number of nitrogens with one attached hydrogen (secondary N) is 2. The van der Waals surface area contributed by atoms with Gasteiger partial charge in [-0.3, -0.25) is 0 Å². The van der Waals surface area contributed by atoms with Crippen molar-refractivity contribution < 1.29 is 22.7 Å². The number of carboxylic acids is 1. The number of nitrogen functional groups attached to an aromatic ring is 1. The van der Waals surface area contributed by atoms with E-state index in [0.717, 1.165) is 6.07 Å². The van der Waals surface area contributed by atoms with Crippen LogP contribution >= 0.6 is 15.9 Å². The summed E-state index contributed by atoms with van der Waals surface area (Å²) in [5, 5.41) is 11.8. The molecule has 0 bridgehead atoms. The number of hydrogen-bond acceptors (Lipinski definition) is 5. The van der Waals surface area contributed by atoms with Gasteiger partial charge in [0.2, 0.25) is 10.0 Å². The Hall–Kier alpha value is -2.43. The van der Waals surface area contributed by atoms with Crippen LogP contribution in [-0.2, 0) is 14.8 Å². The number of fused-ring (bicyclic) bond motifs is 1. The number of benzene rings is 2. The summed E-state index contributed by atoms with van der Waals surface area (Å²) >= 11 is 3.20. The smallest absolute Gasteiger partial charge is 0.352 e. The Morgan fingerprint density at radius 1 is 1.27 bits per heavy atom. The number of aliphatic carboxylic acids is 1. The summed E-state index contributed by atoms with van der Waals surface area (Å²) in [5.41, 5.74) is 6.23. The molecule has 0 amide bonds. The Balaban J connectivity index is 2.06. The number of carboxylic acid groups (broad SMARTS) is 1. The summed E-state index contributed by atoms with van der Waals surface area (Å²) in [6.45, 7) is 0. The van der Waals surface area contributed by atoms with Gasteiger partial charge in [0.05, 0.1) is 10.9 Å². The lowest BCUT2D eigenvalue weighted by molar-refractivity contribution is -0.132. The topological polar surface area (TPSA) is 122 Å². The molecule has 1 unspecified atom stereocenters. The van der Waals surface area contributed by atoms with E-state index in [-0.39, 0.29) is 16.3 Å². The standard InChI is InChI=1S/C16H13BrFN3O4S/c17-11-5-8(18)6-12-15(11)13(7-14(20-12)16(22)23)21-26(24,25)10-3-1-9(19)2-4-10/h1-7,13,20-21H,19H2,(H,22,23). The van der Waals surface area contributed by atoms with Crippen LogP contribution in [0.25, 0.3) is 0 Å². The first kappa shape index (κ1) is 18.4. The van der Waals surface area contributed by atoms with Gasteiger partial charge >= 0.3 is 5.97 Å². The lowest BCUT2D eigenvalue weighted by atomic mass is 10.0. The summed E-state index contributed by atoms with van der Waals surface area (Å²) in [6.07, 6.45) is 1.21. The van der Waals surface area contributed by atoms with Crippen LogP contribution in [0, 0.1) is 5.82 Å². The molecule has 0 saturated carbocycles. The zero-order chi connectivity index (χ0) is 19.1. The first-order chi connectivity index (χ1) is 12.2. The van der Waals surface area contributed by atoms with Crippen molar-refractivity contribution in [2.45, 2.75) is 10.9 Å². The Kier molecular flexibility index (Phi) is 4.74. The molecule has 3 rings (SSSR count). The molecule has 0 spiro atoms. The van der Waals surface area contributed by atoms with E-state index in [9.17, 15) is 22.7 Å². The minimum atomic E-state index is -3.98. The number of sulfonamides is 1. The fraction of sp³-hybridized carbons (Fsp3) is 0.0625. The molecule has 136 valence electrons. The van der Waals surface area contributed by atoms with Gasteiger partial charge in [0.25, 0.3) is 0 Å². The highest BCUT2D eigenvalue weighted by Gasteiger charge is 2.29. The lowest BCUT2D eigenvalue weighted by Gasteiger charge is -2.26. The van der Waals surface area contributed by atoms with Crippen LogP contribution in [0.2, 0.25) is 0 Å². The minimum absolute atomic E-state index is 0.0321. The quantitative estimate of drug-likeness (QED) is 0.541. The first-order valence-electron chi connectivity index (χ1n) is 7.26. The zero-order valence-electron chi connectivity index (χ0n) is 13.0. The predicted molar refractivity (Wildman–Crippen MR) is 97.4 cm³/mol. The van der Waals surface area contributed by atoms with Crippen LogP contribution in [0.5, 0.6) is 0 Å². The van der Waals surface area contributed by atoms with Crippen LogP contribution in [0.1, 0.15) is 11.6 Å². The van der Waals surface area contributed by atoms with Crippen molar-refractivity contribution >= 4 is 43.3 Å². The lowest BCUT2D eigenvalue weighted by Crippen LogP contribution is -2.32. The molecule has 10 heteroatoms. The second-order valence-corrected chi connectivity index (χ2v) is 8.10. The van der Waals surface area contributed by atoms with Gasteiger partial charge < -0.3 is 16.2 Å². The molecule has 7 nitrogen and oxygen atoms in total. The van der Waals surface area contributed by atoms with Gasteiger partial charge in [0.15, 0.2) is 0 Å². The van der Waals surface area contributed by atoms with Crippen molar-refractivity contribution in [2.24, 2.45) is 0 Å². The number of rotatable bonds is 4. The maximum atomic E-state index is 13.7. The number of nitrogens with two attached hydrogens (primary N) is 1. The minimum Gasteiger partial charge on any atom is -0.477 e. The van der Waals surface area contributed by atoms with Crippen LogP contribution < -0.4 is 15.8 Å². The fourth-order valence-corrected chi connectivity index (χ4v) is 4.37. The fourth-order valence-electron chi connectivity index (χ4n) is 2.54. The van der Waals surface area contributed by atoms with E-state index < -0.39 is 27.9 Å². The third kappa shape index (κ3) is 3.57. The Morgan fingerprint density at radius 2 is 1.92 bits per heavy atom.